The molecular formula is C15H16N2O3. The van der Waals surface area contributed by atoms with Gasteiger partial charge in [-0.15, -0.1) is 0 Å². The first-order valence-corrected chi connectivity index (χ1v) is 6.28. The Bertz CT molecular complexity index is 580. The number of rotatable bonds is 4. The maximum atomic E-state index is 12.0. The molecule has 2 rings (SSSR count). The van der Waals surface area contributed by atoms with Gasteiger partial charge in [0, 0.05) is 30.4 Å². The van der Waals surface area contributed by atoms with Crippen molar-refractivity contribution in [3.63, 3.8) is 0 Å². The topological polar surface area (TPSA) is 78.4 Å². The number of hydrogen-bond donors (Lipinski definition) is 3. The molecule has 1 heterocycles. The molecule has 0 unspecified atom stereocenters. The lowest BCUT2D eigenvalue weighted by atomic mass is 10.0. The highest BCUT2D eigenvalue weighted by molar-refractivity contribution is 6.04. The molecule has 1 aliphatic heterocycles. The van der Waals surface area contributed by atoms with Crippen molar-refractivity contribution in [1.82, 2.24) is 5.32 Å². The largest absolute Gasteiger partial charge is 0.478 e. The third-order valence-corrected chi connectivity index (χ3v) is 3.13. The molecule has 20 heavy (non-hydrogen) atoms. The monoisotopic (exact) mass is 272 g/mol. The second-order valence-corrected chi connectivity index (χ2v) is 4.58. The van der Waals surface area contributed by atoms with Crippen LogP contribution in [0, 0.1) is 0 Å². The van der Waals surface area contributed by atoms with Gasteiger partial charge in [0.15, 0.2) is 0 Å². The van der Waals surface area contributed by atoms with E-state index < -0.39 is 5.97 Å². The fourth-order valence-electron chi connectivity index (χ4n) is 1.75. The van der Waals surface area contributed by atoms with E-state index in [1.54, 1.807) is 24.3 Å². The number of carboxylic acid groups (broad SMARTS) is 1. The first-order chi connectivity index (χ1) is 9.56. The van der Waals surface area contributed by atoms with Crippen molar-refractivity contribution < 1.29 is 14.7 Å². The summed E-state index contributed by atoms with van der Waals surface area (Å²) in [5.74, 6) is -1.09. The molecule has 0 saturated carbocycles. The van der Waals surface area contributed by atoms with Crippen molar-refractivity contribution in [2.45, 2.75) is 6.92 Å². The standard InChI is InChI=1S/C15H16N2O3/c1-10(12-8-16-9-12)15(20)17-13-5-2-11(3-6-13)4-7-14(18)19/h2-7,16H,8-9H2,1H3,(H,17,20)(H,18,19)/b7-4+. The molecule has 0 atom stereocenters. The van der Waals surface area contributed by atoms with E-state index in [1.165, 1.54) is 6.08 Å². The average molecular weight is 272 g/mol. The highest BCUT2D eigenvalue weighted by atomic mass is 16.4. The maximum Gasteiger partial charge on any atom is 0.328 e. The van der Waals surface area contributed by atoms with Gasteiger partial charge in [0.2, 0.25) is 0 Å². The van der Waals surface area contributed by atoms with Gasteiger partial charge in [-0.2, -0.15) is 0 Å². The van der Waals surface area contributed by atoms with Gasteiger partial charge >= 0.3 is 5.97 Å². The highest BCUT2D eigenvalue weighted by Gasteiger charge is 2.15. The van der Waals surface area contributed by atoms with Crippen molar-refractivity contribution in [3.8, 4) is 0 Å². The van der Waals surface area contributed by atoms with Crippen LogP contribution in [0.5, 0.6) is 0 Å². The normalized spacial score (nSPS) is 13.9. The van der Waals surface area contributed by atoms with Crippen LogP contribution in [0.4, 0.5) is 5.69 Å². The minimum Gasteiger partial charge on any atom is -0.478 e. The molecule has 1 aliphatic rings. The molecule has 0 radical (unpaired) electrons. The van der Waals surface area contributed by atoms with Crippen LogP contribution in [0.1, 0.15) is 12.5 Å². The lowest BCUT2D eigenvalue weighted by Crippen LogP contribution is -2.36. The summed E-state index contributed by atoms with van der Waals surface area (Å²) in [6.07, 6.45) is 2.58. The van der Waals surface area contributed by atoms with E-state index in [1.807, 2.05) is 6.92 Å². The van der Waals surface area contributed by atoms with Crippen LogP contribution < -0.4 is 10.6 Å². The second kappa shape index (κ2) is 6.16. The molecule has 1 aromatic carbocycles. The van der Waals surface area contributed by atoms with E-state index in [4.69, 9.17) is 5.11 Å². The van der Waals surface area contributed by atoms with E-state index in [0.717, 1.165) is 35.9 Å². The number of carbonyl (C=O) groups is 2. The number of benzene rings is 1. The number of hydrogen-bond acceptors (Lipinski definition) is 3. The maximum absolute atomic E-state index is 12.0. The van der Waals surface area contributed by atoms with Gasteiger partial charge in [-0.25, -0.2) is 4.79 Å². The number of aliphatic carboxylic acids is 1. The fourth-order valence-corrected chi connectivity index (χ4v) is 1.75. The van der Waals surface area contributed by atoms with Crippen LogP contribution in [0.3, 0.4) is 0 Å². The molecule has 0 aliphatic carbocycles. The third-order valence-electron chi connectivity index (χ3n) is 3.13. The Balaban J connectivity index is 2.00. The molecule has 0 spiro atoms. The summed E-state index contributed by atoms with van der Waals surface area (Å²) < 4.78 is 0. The lowest BCUT2D eigenvalue weighted by molar-refractivity contribution is -0.131. The molecule has 104 valence electrons. The summed E-state index contributed by atoms with van der Waals surface area (Å²) in [6.45, 7) is 3.37. The minimum absolute atomic E-state index is 0.102. The van der Waals surface area contributed by atoms with Crippen molar-refractivity contribution in [3.05, 3.63) is 47.1 Å². The molecule has 5 nitrogen and oxygen atoms in total. The molecule has 1 fully saturated rings. The Morgan fingerprint density at radius 3 is 2.40 bits per heavy atom. The minimum atomic E-state index is -0.987. The Morgan fingerprint density at radius 1 is 1.25 bits per heavy atom. The number of carboxylic acids is 1. The van der Waals surface area contributed by atoms with Gasteiger partial charge in [0.1, 0.15) is 0 Å². The fraction of sp³-hybridized carbons (Fsp3) is 0.200. The quantitative estimate of drug-likeness (QED) is 0.728. The number of amides is 1. The summed E-state index contributed by atoms with van der Waals surface area (Å²) in [6, 6.07) is 7.00. The predicted octanol–water partition coefficient (Wildman–Crippen LogP) is 1.64. The van der Waals surface area contributed by atoms with Crippen LogP contribution in [-0.4, -0.2) is 30.1 Å². The predicted molar refractivity (Wildman–Crippen MR) is 77.3 cm³/mol. The third kappa shape index (κ3) is 3.55. The average Bonchev–Trinajstić information content (AvgIpc) is 2.35. The zero-order chi connectivity index (χ0) is 14.5. The number of carbonyl (C=O) groups excluding carboxylic acids is 1. The van der Waals surface area contributed by atoms with Crippen LogP contribution in [0.25, 0.3) is 6.08 Å². The smallest absolute Gasteiger partial charge is 0.328 e. The Labute approximate surface area is 117 Å². The van der Waals surface area contributed by atoms with Crippen LogP contribution in [-0.2, 0) is 9.59 Å². The molecule has 0 bridgehead atoms. The number of nitrogens with one attached hydrogen (secondary N) is 2. The van der Waals surface area contributed by atoms with Crippen LogP contribution in [0.2, 0.25) is 0 Å². The van der Waals surface area contributed by atoms with E-state index >= 15 is 0 Å². The van der Waals surface area contributed by atoms with E-state index in [2.05, 4.69) is 10.6 Å². The molecule has 1 aromatic rings. The SMILES string of the molecule is CC(C(=O)Nc1ccc(/C=C/C(=O)O)cc1)=C1CNC1. The van der Waals surface area contributed by atoms with Crippen molar-refractivity contribution in [1.29, 1.82) is 0 Å². The molecule has 3 N–H and O–H groups in total. The van der Waals surface area contributed by atoms with Gasteiger partial charge in [-0.05, 0) is 36.3 Å². The zero-order valence-electron chi connectivity index (χ0n) is 11.1. The lowest BCUT2D eigenvalue weighted by Gasteiger charge is -2.21. The molecule has 1 amide bonds. The summed E-state index contributed by atoms with van der Waals surface area (Å²) in [5, 5.41) is 14.5. The summed E-state index contributed by atoms with van der Waals surface area (Å²) in [5.41, 5.74) is 3.33. The van der Waals surface area contributed by atoms with Gasteiger partial charge < -0.3 is 15.7 Å². The Hall–Kier alpha value is -2.40. The van der Waals surface area contributed by atoms with Gasteiger partial charge in [-0.1, -0.05) is 12.1 Å². The van der Waals surface area contributed by atoms with E-state index in [-0.39, 0.29) is 5.91 Å². The Morgan fingerprint density at radius 2 is 1.90 bits per heavy atom. The van der Waals surface area contributed by atoms with Crippen LogP contribution >= 0.6 is 0 Å². The van der Waals surface area contributed by atoms with Gasteiger partial charge in [0.05, 0.1) is 0 Å². The first-order valence-electron chi connectivity index (χ1n) is 6.28. The van der Waals surface area contributed by atoms with E-state index in [0.29, 0.717) is 5.69 Å². The highest BCUT2D eigenvalue weighted by Crippen LogP contribution is 2.14. The van der Waals surface area contributed by atoms with Gasteiger partial charge in [0.25, 0.3) is 5.91 Å². The molecule has 5 heteroatoms. The summed E-state index contributed by atoms with van der Waals surface area (Å²) in [7, 11) is 0. The zero-order valence-corrected chi connectivity index (χ0v) is 11.1. The molecular weight excluding hydrogens is 256 g/mol. The van der Waals surface area contributed by atoms with Crippen LogP contribution in [0.15, 0.2) is 41.5 Å². The van der Waals surface area contributed by atoms with Gasteiger partial charge in [-0.3, -0.25) is 4.79 Å². The van der Waals surface area contributed by atoms with E-state index in [9.17, 15) is 9.59 Å². The molecule has 0 aromatic heterocycles. The molecule has 1 saturated heterocycles. The summed E-state index contributed by atoms with van der Waals surface area (Å²) >= 11 is 0. The number of anilines is 1. The van der Waals surface area contributed by atoms with Crippen molar-refractivity contribution >= 4 is 23.6 Å². The first kappa shape index (κ1) is 14.0. The van der Waals surface area contributed by atoms with Crippen molar-refractivity contribution in [2.75, 3.05) is 18.4 Å². The summed E-state index contributed by atoms with van der Waals surface area (Å²) in [4.78, 5) is 22.4. The Kier molecular flexibility index (Phi) is 4.32. The second-order valence-electron chi connectivity index (χ2n) is 4.58. The van der Waals surface area contributed by atoms with Crippen molar-refractivity contribution in [2.24, 2.45) is 0 Å².